The van der Waals surface area contributed by atoms with Gasteiger partial charge in [-0.05, 0) is 77.4 Å². The molecule has 29 heavy (non-hydrogen) atoms. The van der Waals surface area contributed by atoms with Gasteiger partial charge in [0.15, 0.2) is 0 Å². The number of rotatable bonds is 5. The van der Waals surface area contributed by atoms with Crippen LogP contribution in [0.2, 0.25) is 0 Å². The lowest BCUT2D eigenvalue weighted by atomic mass is 9.72. The van der Waals surface area contributed by atoms with Crippen LogP contribution in [0.3, 0.4) is 0 Å². The molecular formula is C25H38O4. The van der Waals surface area contributed by atoms with E-state index >= 15 is 0 Å². The van der Waals surface area contributed by atoms with Crippen LogP contribution in [0.4, 0.5) is 0 Å². The Bertz CT molecular complexity index is 735. The number of carboxylic acid groups (broad SMARTS) is 2. The Morgan fingerprint density at radius 1 is 1.03 bits per heavy atom. The number of aliphatic carboxylic acids is 2. The van der Waals surface area contributed by atoms with Crippen molar-refractivity contribution in [3.8, 4) is 0 Å². The summed E-state index contributed by atoms with van der Waals surface area (Å²) in [7, 11) is 0. The Morgan fingerprint density at radius 3 is 2.03 bits per heavy atom. The van der Waals surface area contributed by atoms with E-state index in [2.05, 4.69) is 39.8 Å². The van der Waals surface area contributed by atoms with Crippen LogP contribution in [-0.2, 0) is 9.59 Å². The van der Waals surface area contributed by atoms with Crippen LogP contribution in [0.25, 0.3) is 0 Å². The van der Waals surface area contributed by atoms with Crippen LogP contribution in [-0.4, -0.2) is 22.2 Å². The molecule has 0 aromatic heterocycles. The summed E-state index contributed by atoms with van der Waals surface area (Å²) in [6, 6.07) is 0. The van der Waals surface area contributed by atoms with Gasteiger partial charge >= 0.3 is 11.9 Å². The fourth-order valence-corrected chi connectivity index (χ4v) is 2.88. The lowest BCUT2D eigenvalue weighted by molar-refractivity contribution is -0.145. The quantitative estimate of drug-likeness (QED) is 0.395. The van der Waals surface area contributed by atoms with E-state index in [1.54, 1.807) is 33.8 Å². The van der Waals surface area contributed by atoms with Gasteiger partial charge in [0.05, 0.1) is 5.41 Å². The van der Waals surface area contributed by atoms with Crippen LogP contribution in [0, 0.1) is 10.8 Å². The van der Waals surface area contributed by atoms with Crippen molar-refractivity contribution in [2.75, 3.05) is 0 Å². The zero-order chi connectivity index (χ0) is 22.8. The third-order valence-electron chi connectivity index (χ3n) is 4.77. The summed E-state index contributed by atoms with van der Waals surface area (Å²) in [6.07, 6.45) is 15.0. The molecule has 0 saturated heterocycles. The molecule has 0 aromatic carbocycles. The first kappa shape index (κ1) is 26.6. The molecule has 4 heteroatoms. The minimum atomic E-state index is -0.912. The predicted molar refractivity (Wildman–Crippen MR) is 121 cm³/mol. The third kappa shape index (κ3) is 11.3. The Hall–Kier alpha value is -2.36. The average Bonchev–Trinajstić information content (AvgIpc) is 2.52. The van der Waals surface area contributed by atoms with Gasteiger partial charge in [-0.1, -0.05) is 55.4 Å². The first-order chi connectivity index (χ1) is 13.2. The van der Waals surface area contributed by atoms with Gasteiger partial charge in [-0.2, -0.15) is 0 Å². The average molecular weight is 403 g/mol. The summed E-state index contributed by atoms with van der Waals surface area (Å²) in [5.74, 6) is -1.67. The lowest BCUT2D eigenvalue weighted by Gasteiger charge is -2.32. The molecule has 0 unspecified atom stereocenters. The highest BCUT2D eigenvalue weighted by atomic mass is 16.4. The maximum atomic E-state index is 10.5. The first-order valence-electron chi connectivity index (χ1n) is 10.0. The molecule has 1 aliphatic rings. The number of allylic oxidation sites excluding steroid dienone is 9. The van der Waals surface area contributed by atoms with Gasteiger partial charge in [0, 0.05) is 6.08 Å². The number of carbonyl (C=O) groups is 2. The Morgan fingerprint density at radius 2 is 1.59 bits per heavy atom. The van der Waals surface area contributed by atoms with E-state index in [1.165, 1.54) is 36.5 Å². The van der Waals surface area contributed by atoms with Gasteiger partial charge in [0.2, 0.25) is 0 Å². The van der Waals surface area contributed by atoms with Crippen molar-refractivity contribution < 1.29 is 19.8 Å². The zero-order valence-corrected chi connectivity index (χ0v) is 19.3. The smallest absolute Gasteiger partial charge is 0.328 e. The van der Waals surface area contributed by atoms with Gasteiger partial charge in [0.1, 0.15) is 0 Å². The second-order valence-corrected chi connectivity index (χ2v) is 9.32. The van der Waals surface area contributed by atoms with Crippen LogP contribution in [0.15, 0.2) is 58.7 Å². The van der Waals surface area contributed by atoms with E-state index in [1.807, 2.05) is 12.2 Å². The van der Waals surface area contributed by atoms with Crippen LogP contribution < -0.4 is 0 Å². The summed E-state index contributed by atoms with van der Waals surface area (Å²) in [5, 5.41) is 16.9. The van der Waals surface area contributed by atoms with Gasteiger partial charge < -0.3 is 10.2 Å². The maximum absolute atomic E-state index is 10.5. The summed E-state index contributed by atoms with van der Waals surface area (Å²) >= 11 is 0. The van der Waals surface area contributed by atoms with Crippen LogP contribution >= 0.6 is 0 Å². The highest BCUT2D eigenvalue weighted by Crippen LogP contribution is 2.40. The molecule has 0 aliphatic heterocycles. The number of hydrogen-bond acceptors (Lipinski definition) is 2. The molecule has 1 aliphatic carbocycles. The van der Waals surface area contributed by atoms with Crippen LogP contribution in [0.1, 0.15) is 74.7 Å². The largest absolute Gasteiger partial charge is 0.481 e. The molecule has 0 spiro atoms. The molecule has 0 fully saturated rings. The first-order valence-corrected chi connectivity index (χ1v) is 10.0. The van der Waals surface area contributed by atoms with E-state index in [0.717, 1.165) is 11.1 Å². The second kappa shape index (κ2) is 11.6. The van der Waals surface area contributed by atoms with Gasteiger partial charge in [0.25, 0.3) is 0 Å². The third-order valence-corrected chi connectivity index (χ3v) is 4.77. The van der Waals surface area contributed by atoms with Gasteiger partial charge in [-0.3, -0.25) is 4.79 Å². The van der Waals surface area contributed by atoms with Crippen LogP contribution in [0.5, 0.6) is 0 Å². The number of hydrogen-bond donors (Lipinski definition) is 2. The maximum Gasteiger partial charge on any atom is 0.328 e. The van der Waals surface area contributed by atoms with Crippen molar-refractivity contribution >= 4 is 11.9 Å². The molecule has 162 valence electrons. The minimum absolute atomic E-state index is 0.260. The van der Waals surface area contributed by atoms with E-state index in [4.69, 9.17) is 10.2 Å². The fraction of sp³-hybridized carbons (Fsp3) is 0.520. The van der Waals surface area contributed by atoms with E-state index in [9.17, 15) is 9.59 Å². The predicted octanol–water partition coefficient (Wildman–Crippen LogP) is 6.72. The molecular weight excluding hydrogens is 364 g/mol. The molecule has 0 saturated carbocycles. The van der Waals surface area contributed by atoms with Gasteiger partial charge in [-0.25, -0.2) is 4.79 Å². The van der Waals surface area contributed by atoms with Crippen molar-refractivity contribution in [3.05, 3.63) is 58.7 Å². The van der Waals surface area contributed by atoms with Crippen molar-refractivity contribution in [2.45, 2.75) is 74.7 Å². The summed E-state index contributed by atoms with van der Waals surface area (Å²) in [6.45, 7) is 15.7. The molecule has 0 bridgehead atoms. The molecule has 0 amide bonds. The Kier molecular flexibility index (Phi) is 10.7. The monoisotopic (exact) mass is 402 g/mol. The van der Waals surface area contributed by atoms with E-state index < -0.39 is 17.4 Å². The zero-order valence-electron chi connectivity index (χ0n) is 19.3. The Balaban J connectivity index is 0.000000956. The Labute approximate surface area is 176 Å². The summed E-state index contributed by atoms with van der Waals surface area (Å²) in [4.78, 5) is 20.6. The molecule has 4 nitrogen and oxygen atoms in total. The molecule has 0 radical (unpaired) electrons. The highest BCUT2D eigenvalue weighted by molar-refractivity contribution is 5.81. The standard InChI is InChI=1S/C20H28O2.C5H10O2/c1-15(8-6-9-16(2)14-19(21)22)11-12-18-17(3)10-7-13-20(18,4)5;1-5(2,3)4(6)7/h6,8-9,11-12,14H,7,10,13H2,1-5H3,(H,21,22);1-3H3,(H,6,7)/b9-6+,12-11+,15-8+,16-14+;. The van der Waals surface area contributed by atoms with Gasteiger partial charge in [-0.15, -0.1) is 0 Å². The van der Waals surface area contributed by atoms with E-state index in [0.29, 0.717) is 0 Å². The van der Waals surface area contributed by atoms with Crippen molar-refractivity contribution in [1.29, 1.82) is 0 Å². The molecule has 0 aromatic rings. The minimum Gasteiger partial charge on any atom is -0.481 e. The lowest BCUT2D eigenvalue weighted by Crippen LogP contribution is -2.19. The van der Waals surface area contributed by atoms with E-state index in [-0.39, 0.29) is 5.41 Å². The second-order valence-electron chi connectivity index (χ2n) is 9.32. The van der Waals surface area contributed by atoms with Crippen molar-refractivity contribution in [3.63, 3.8) is 0 Å². The summed E-state index contributed by atoms with van der Waals surface area (Å²) < 4.78 is 0. The van der Waals surface area contributed by atoms with Crippen molar-refractivity contribution in [2.24, 2.45) is 10.8 Å². The van der Waals surface area contributed by atoms with Crippen molar-refractivity contribution in [1.82, 2.24) is 0 Å². The topological polar surface area (TPSA) is 74.6 Å². The fourth-order valence-electron chi connectivity index (χ4n) is 2.88. The highest BCUT2D eigenvalue weighted by Gasteiger charge is 2.26. The molecule has 0 atom stereocenters. The SMILES string of the molecule is CC(C)(C)C(=O)O.CC1=C(/C=C/C(C)=C/C=C/C(C)=C/C(=O)O)C(C)(C)CCC1. The molecule has 1 rings (SSSR count). The molecule has 2 N–H and O–H groups in total. The normalized spacial score (nSPS) is 18.1. The molecule has 0 heterocycles. The number of carboxylic acids is 2. The summed E-state index contributed by atoms with van der Waals surface area (Å²) in [5.41, 5.74) is 4.51.